The van der Waals surface area contributed by atoms with Gasteiger partial charge in [-0.1, -0.05) is 17.7 Å². The fourth-order valence-electron chi connectivity index (χ4n) is 3.99. The van der Waals surface area contributed by atoms with Crippen molar-refractivity contribution in [3.05, 3.63) is 34.7 Å². The molecule has 1 aromatic carbocycles. The highest BCUT2D eigenvalue weighted by Crippen LogP contribution is 2.41. The zero-order valence-electron chi connectivity index (χ0n) is 15.1. The number of nitrogens with one attached hydrogen (secondary N) is 1. The van der Waals surface area contributed by atoms with Crippen molar-refractivity contribution in [2.45, 2.75) is 38.6 Å². The number of carbonyl (C=O) groups is 1. The number of guanidine groups is 1. The first-order valence-electron chi connectivity index (χ1n) is 9.32. The molecule has 2 aliphatic heterocycles. The Labute approximate surface area is 161 Å². The molecule has 138 valence electrons. The lowest BCUT2D eigenvalue weighted by molar-refractivity contribution is -0.121. The number of hydrogen-bond donors (Lipinski definition) is 1. The van der Waals surface area contributed by atoms with Crippen LogP contribution in [-0.4, -0.2) is 34.2 Å². The van der Waals surface area contributed by atoms with Crippen LogP contribution < -0.4 is 5.32 Å². The molecular formula is C20H20N4O2S. The Bertz CT molecular complexity index is 987. The minimum absolute atomic E-state index is 0.162. The number of nitrogens with zero attached hydrogens (tertiary/aromatic N) is 3. The molecule has 1 aliphatic carbocycles. The maximum atomic E-state index is 12.7. The van der Waals surface area contributed by atoms with Crippen molar-refractivity contribution in [1.29, 1.82) is 0 Å². The molecule has 2 aromatic rings. The molecule has 0 amide bonds. The highest BCUT2D eigenvalue weighted by atomic mass is 32.2. The molecule has 6 nitrogen and oxygen atoms in total. The van der Waals surface area contributed by atoms with Gasteiger partial charge in [-0.2, -0.15) is 4.98 Å². The Morgan fingerprint density at radius 1 is 1.22 bits per heavy atom. The van der Waals surface area contributed by atoms with Crippen LogP contribution in [0.2, 0.25) is 0 Å². The molecule has 0 spiro atoms. The zero-order valence-corrected chi connectivity index (χ0v) is 15.9. The van der Waals surface area contributed by atoms with Crippen molar-refractivity contribution < 1.29 is 9.21 Å². The first-order chi connectivity index (χ1) is 13.2. The van der Waals surface area contributed by atoms with Gasteiger partial charge < -0.3 is 4.42 Å². The second-order valence-electron chi connectivity index (χ2n) is 7.15. The normalized spacial score (nSPS) is 25.4. The summed E-state index contributed by atoms with van der Waals surface area (Å²) in [5.41, 5.74) is 3.79. The number of fused-ring (bicyclic) bond motifs is 2. The quantitative estimate of drug-likeness (QED) is 0.845. The average molecular weight is 380 g/mol. The van der Waals surface area contributed by atoms with Gasteiger partial charge in [0.05, 0.1) is 12.0 Å². The summed E-state index contributed by atoms with van der Waals surface area (Å²) in [7, 11) is 0. The SMILES string of the molecule is CC1=C(C2N=C(Nc3nc4ccccc4o3)N=C3CCCC(=O)C32)SCC1. The number of aliphatic imine (C=N–C) groups is 2. The lowest BCUT2D eigenvalue weighted by Crippen LogP contribution is -2.42. The molecule has 0 radical (unpaired) electrons. The number of para-hydroxylation sites is 2. The first kappa shape index (κ1) is 16.7. The van der Waals surface area contributed by atoms with Gasteiger partial charge in [0, 0.05) is 22.8 Å². The van der Waals surface area contributed by atoms with E-state index in [2.05, 4.69) is 22.2 Å². The number of benzene rings is 1. The lowest BCUT2D eigenvalue weighted by Gasteiger charge is -2.32. The van der Waals surface area contributed by atoms with Gasteiger partial charge in [-0.15, -0.1) is 11.8 Å². The topological polar surface area (TPSA) is 79.8 Å². The molecule has 27 heavy (non-hydrogen) atoms. The molecule has 5 rings (SSSR count). The second-order valence-corrected chi connectivity index (χ2v) is 8.29. The van der Waals surface area contributed by atoms with Crippen LogP contribution in [0.4, 0.5) is 6.01 Å². The number of aromatic nitrogens is 1. The average Bonchev–Trinajstić information content (AvgIpc) is 3.26. The molecule has 2 unspecified atom stereocenters. The van der Waals surface area contributed by atoms with Gasteiger partial charge in [-0.25, -0.2) is 9.98 Å². The Morgan fingerprint density at radius 3 is 2.93 bits per heavy atom. The van der Waals surface area contributed by atoms with Gasteiger partial charge in [0.2, 0.25) is 5.96 Å². The standard InChI is InChI=1S/C20H20N4O2S/c1-11-9-10-27-18(11)17-16-13(6-4-7-14(16)25)21-19(23-17)24-20-22-12-5-2-3-8-15(12)26-20/h2-3,5,8,16-17H,4,6-7,9-10H2,1H3,(H,22,23,24). The third kappa shape index (κ3) is 3.00. The Balaban J connectivity index is 1.51. The van der Waals surface area contributed by atoms with Crippen LogP contribution in [0, 0.1) is 5.92 Å². The van der Waals surface area contributed by atoms with Crippen LogP contribution in [0.15, 0.2) is 49.1 Å². The Morgan fingerprint density at radius 2 is 2.11 bits per heavy atom. The van der Waals surface area contributed by atoms with Crippen molar-refractivity contribution in [2.75, 3.05) is 11.1 Å². The van der Waals surface area contributed by atoms with Crippen LogP contribution in [0.25, 0.3) is 11.1 Å². The predicted molar refractivity (Wildman–Crippen MR) is 108 cm³/mol. The van der Waals surface area contributed by atoms with Crippen molar-refractivity contribution in [3.8, 4) is 0 Å². The summed E-state index contributed by atoms with van der Waals surface area (Å²) in [6, 6.07) is 7.84. The molecule has 1 fully saturated rings. The minimum Gasteiger partial charge on any atom is -0.423 e. The van der Waals surface area contributed by atoms with Gasteiger partial charge in [-0.3, -0.25) is 10.1 Å². The van der Waals surface area contributed by atoms with Crippen LogP contribution >= 0.6 is 11.8 Å². The monoisotopic (exact) mass is 380 g/mol. The van der Waals surface area contributed by atoms with Crippen molar-refractivity contribution in [1.82, 2.24) is 4.98 Å². The van der Waals surface area contributed by atoms with Crippen LogP contribution in [0.5, 0.6) is 0 Å². The van der Waals surface area contributed by atoms with E-state index in [4.69, 9.17) is 9.41 Å². The van der Waals surface area contributed by atoms with E-state index in [1.54, 1.807) is 0 Å². The largest absolute Gasteiger partial charge is 0.423 e. The number of anilines is 1. The summed E-state index contributed by atoms with van der Waals surface area (Å²) >= 11 is 1.83. The van der Waals surface area contributed by atoms with Crippen LogP contribution in [0.1, 0.15) is 32.6 Å². The molecule has 1 aromatic heterocycles. The van der Waals surface area contributed by atoms with E-state index in [-0.39, 0.29) is 17.7 Å². The maximum Gasteiger partial charge on any atom is 0.302 e. The summed E-state index contributed by atoms with van der Waals surface area (Å²) in [4.78, 5) is 27.8. The van der Waals surface area contributed by atoms with Crippen LogP contribution in [-0.2, 0) is 4.79 Å². The highest BCUT2D eigenvalue weighted by molar-refractivity contribution is 8.03. The predicted octanol–water partition coefficient (Wildman–Crippen LogP) is 4.20. The van der Waals surface area contributed by atoms with E-state index in [0.29, 0.717) is 18.4 Å². The molecule has 3 aliphatic rings. The van der Waals surface area contributed by atoms with Crippen molar-refractivity contribution >= 4 is 46.3 Å². The highest BCUT2D eigenvalue weighted by Gasteiger charge is 2.41. The van der Waals surface area contributed by atoms with E-state index in [9.17, 15) is 4.79 Å². The van der Waals surface area contributed by atoms with Gasteiger partial charge >= 0.3 is 6.01 Å². The first-order valence-corrected chi connectivity index (χ1v) is 10.3. The molecule has 3 heterocycles. The van der Waals surface area contributed by atoms with Gasteiger partial charge in [0.25, 0.3) is 0 Å². The van der Waals surface area contributed by atoms with Gasteiger partial charge in [-0.05, 0) is 38.3 Å². The van der Waals surface area contributed by atoms with E-state index >= 15 is 0 Å². The van der Waals surface area contributed by atoms with Crippen molar-refractivity contribution in [2.24, 2.45) is 15.9 Å². The molecule has 2 atom stereocenters. The number of thioether (sulfide) groups is 1. The number of ketones is 1. The third-order valence-corrected chi connectivity index (χ3v) is 6.63. The van der Waals surface area contributed by atoms with E-state index in [1.165, 1.54) is 10.5 Å². The summed E-state index contributed by atoms with van der Waals surface area (Å²) in [6.07, 6.45) is 3.40. The minimum atomic E-state index is -0.205. The van der Waals surface area contributed by atoms with Crippen molar-refractivity contribution in [3.63, 3.8) is 0 Å². The number of Topliss-reactive ketones (excluding diaryl/α,β-unsaturated/α-hetero) is 1. The number of allylic oxidation sites excluding steroid dienone is 1. The van der Waals surface area contributed by atoms with E-state index in [1.807, 2.05) is 36.0 Å². The summed E-state index contributed by atoms with van der Waals surface area (Å²) in [5.74, 6) is 1.61. The Kier molecular flexibility index (Phi) is 4.11. The molecule has 1 N–H and O–H groups in total. The van der Waals surface area contributed by atoms with E-state index < -0.39 is 0 Å². The lowest BCUT2D eigenvalue weighted by atomic mass is 9.79. The van der Waals surface area contributed by atoms with E-state index in [0.717, 1.165) is 41.8 Å². The zero-order chi connectivity index (χ0) is 18.4. The van der Waals surface area contributed by atoms with Crippen LogP contribution in [0.3, 0.4) is 0 Å². The second kappa shape index (κ2) is 6.64. The number of oxazole rings is 1. The molecular weight excluding hydrogens is 360 g/mol. The number of hydrogen-bond acceptors (Lipinski definition) is 7. The smallest absolute Gasteiger partial charge is 0.302 e. The molecule has 0 bridgehead atoms. The third-order valence-electron chi connectivity index (χ3n) is 5.33. The number of rotatable bonds is 2. The maximum absolute atomic E-state index is 12.7. The molecule has 7 heteroatoms. The fraction of sp³-hybridized carbons (Fsp3) is 0.400. The molecule has 1 saturated carbocycles. The Hall–Kier alpha value is -2.41. The fourth-order valence-corrected chi connectivity index (χ4v) is 5.32. The molecule has 0 saturated heterocycles. The number of carbonyl (C=O) groups excluding carboxylic acids is 1. The summed E-state index contributed by atoms with van der Waals surface area (Å²) in [5, 5.41) is 3.13. The van der Waals surface area contributed by atoms with Gasteiger partial charge in [0.1, 0.15) is 11.3 Å². The summed E-state index contributed by atoms with van der Waals surface area (Å²) < 4.78 is 5.75. The summed E-state index contributed by atoms with van der Waals surface area (Å²) in [6.45, 7) is 2.15. The van der Waals surface area contributed by atoms with Gasteiger partial charge in [0.15, 0.2) is 5.58 Å².